The van der Waals surface area contributed by atoms with Crippen LogP contribution in [0.3, 0.4) is 0 Å². The van der Waals surface area contributed by atoms with E-state index in [-0.39, 0.29) is 12.4 Å². The van der Waals surface area contributed by atoms with Gasteiger partial charge in [-0.05, 0) is 31.5 Å². The van der Waals surface area contributed by atoms with Gasteiger partial charge >= 0.3 is 0 Å². The molecule has 25 heavy (non-hydrogen) atoms. The zero-order valence-electron chi connectivity index (χ0n) is 14.2. The van der Waals surface area contributed by atoms with Gasteiger partial charge in [-0.1, -0.05) is 36.4 Å². The van der Waals surface area contributed by atoms with Gasteiger partial charge in [-0.3, -0.25) is 4.79 Å². The Morgan fingerprint density at radius 1 is 1.16 bits per heavy atom. The Kier molecular flexibility index (Phi) is 4.79. The number of carbonyl (C=O) groups excluding carboxylic acids is 1. The van der Waals surface area contributed by atoms with Gasteiger partial charge in [0.05, 0.1) is 12.1 Å². The number of anilines is 1. The number of benzene rings is 2. The van der Waals surface area contributed by atoms with Crippen LogP contribution >= 0.6 is 0 Å². The first-order chi connectivity index (χ1) is 12.1. The number of fused-ring (bicyclic) bond motifs is 1. The van der Waals surface area contributed by atoms with E-state index in [1.807, 2.05) is 62.4 Å². The summed E-state index contributed by atoms with van der Waals surface area (Å²) in [4.78, 5) is 12.0. The number of amides is 1. The monoisotopic (exact) mass is 336 g/mol. The number of azo groups is 1. The predicted octanol–water partition coefficient (Wildman–Crippen LogP) is 4.40. The molecule has 0 aliphatic rings. The lowest BCUT2D eigenvalue weighted by Gasteiger charge is -2.06. The molecule has 0 saturated heterocycles. The Morgan fingerprint density at radius 3 is 2.64 bits per heavy atom. The topological polar surface area (TPSA) is 79.0 Å². The first-order valence-electron chi connectivity index (χ1n) is 8.16. The average Bonchev–Trinajstić information content (AvgIpc) is 2.90. The third kappa shape index (κ3) is 3.38. The molecule has 0 aliphatic heterocycles. The number of hydrogen-bond acceptors (Lipinski definition) is 4. The Hall–Kier alpha value is -3.15. The number of aromatic nitrogens is 1. The summed E-state index contributed by atoms with van der Waals surface area (Å²) in [6.07, 6.45) is 0. The lowest BCUT2D eigenvalue weighted by molar-refractivity contribution is -0.116. The normalized spacial score (nSPS) is 11.3. The van der Waals surface area contributed by atoms with E-state index in [9.17, 15) is 9.90 Å². The summed E-state index contributed by atoms with van der Waals surface area (Å²) in [5.41, 5.74) is 3.12. The first-order valence-corrected chi connectivity index (χ1v) is 8.16. The van der Waals surface area contributed by atoms with Crippen LogP contribution in [-0.2, 0) is 11.3 Å². The Bertz CT molecular complexity index is 944. The van der Waals surface area contributed by atoms with E-state index in [1.54, 1.807) is 4.57 Å². The van der Waals surface area contributed by atoms with Crippen molar-refractivity contribution < 1.29 is 9.90 Å². The highest BCUT2D eigenvalue weighted by Gasteiger charge is 2.15. The molecule has 128 valence electrons. The van der Waals surface area contributed by atoms with E-state index >= 15 is 0 Å². The van der Waals surface area contributed by atoms with Gasteiger partial charge < -0.3 is 15.0 Å². The van der Waals surface area contributed by atoms with Crippen molar-refractivity contribution in [2.24, 2.45) is 10.2 Å². The summed E-state index contributed by atoms with van der Waals surface area (Å²) < 4.78 is 1.74. The molecule has 3 rings (SSSR count). The number of para-hydroxylation sites is 2. The molecule has 2 N–H and O–H groups in total. The summed E-state index contributed by atoms with van der Waals surface area (Å²) in [6.45, 7) is 4.54. The maximum atomic E-state index is 12.0. The van der Waals surface area contributed by atoms with Crippen molar-refractivity contribution in [2.45, 2.75) is 20.4 Å². The van der Waals surface area contributed by atoms with E-state index in [0.717, 1.165) is 22.2 Å². The number of rotatable bonds is 5. The van der Waals surface area contributed by atoms with E-state index < -0.39 is 5.91 Å². The summed E-state index contributed by atoms with van der Waals surface area (Å²) in [5.74, 6) is -0.386. The van der Waals surface area contributed by atoms with Gasteiger partial charge in [0.1, 0.15) is 0 Å². The Morgan fingerprint density at radius 2 is 1.88 bits per heavy atom. The highest BCUT2D eigenvalue weighted by Crippen LogP contribution is 2.38. The van der Waals surface area contributed by atoms with Crippen LogP contribution in [0.1, 0.15) is 12.5 Å². The molecule has 0 saturated carbocycles. The van der Waals surface area contributed by atoms with Crippen LogP contribution in [0.15, 0.2) is 58.8 Å². The van der Waals surface area contributed by atoms with E-state index in [1.165, 1.54) is 0 Å². The Labute approximate surface area is 145 Å². The van der Waals surface area contributed by atoms with Gasteiger partial charge in [-0.15, -0.1) is 10.2 Å². The van der Waals surface area contributed by atoms with E-state index in [2.05, 4.69) is 15.5 Å². The molecule has 6 nitrogen and oxygen atoms in total. The fraction of sp³-hybridized carbons (Fsp3) is 0.211. The van der Waals surface area contributed by atoms with Crippen molar-refractivity contribution in [3.8, 4) is 5.88 Å². The van der Waals surface area contributed by atoms with Crippen LogP contribution in [0.4, 0.5) is 11.4 Å². The highest BCUT2D eigenvalue weighted by atomic mass is 16.3. The second kappa shape index (κ2) is 7.17. The summed E-state index contributed by atoms with van der Waals surface area (Å²) >= 11 is 0. The van der Waals surface area contributed by atoms with Gasteiger partial charge in [0, 0.05) is 17.6 Å². The molecule has 6 heteroatoms. The quantitative estimate of drug-likeness (QED) is 0.678. The van der Waals surface area contributed by atoms with Gasteiger partial charge in [-0.2, -0.15) is 0 Å². The van der Waals surface area contributed by atoms with Crippen molar-refractivity contribution >= 4 is 28.2 Å². The number of nitrogens with one attached hydrogen (secondary N) is 1. The van der Waals surface area contributed by atoms with Crippen molar-refractivity contribution in [3.05, 3.63) is 54.1 Å². The van der Waals surface area contributed by atoms with Crippen molar-refractivity contribution in [3.63, 3.8) is 0 Å². The van der Waals surface area contributed by atoms with Crippen molar-refractivity contribution in [1.82, 2.24) is 4.57 Å². The molecule has 0 radical (unpaired) electrons. The fourth-order valence-electron chi connectivity index (χ4n) is 2.77. The molecule has 0 aliphatic carbocycles. The molecule has 0 atom stereocenters. The van der Waals surface area contributed by atoms with Crippen molar-refractivity contribution in [1.29, 1.82) is 0 Å². The van der Waals surface area contributed by atoms with Crippen molar-refractivity contribution in [2.75, 3.05) is 11.9 Å². The van der Waals surface area contributed by atoms with Crippen LogP contribution < -0.4 is 5.32 Å². The minimum absolute atomic E-state index is 0.0205. The van der Waals surface area contributed by atoms with E-state index in [4.69, 9.17) is 0 Å². The van der Waals surface area contributed by atoms with Gasteiger partial charge in [0.2, 0.25) is 5.88 Å². The Balaban J connectivity index is 1.78. The average molecular weight is 336 g/mol. The molecule has 0 spiro atoms. The summed E-state index contributed by atoms with van der Waals surface area (Å²) in [6, 6.07) is 15.2. The number of nitrogens with zero attached hydrogens (tertiary/aromatic N) is 3. The minimum Gasteiger partial charge on any atom is -0.493 e. The smallest absolute Gasteiger partial charge is 0.283 e. The predicted molar refractivity (Wildman–Crippen MR) is 98.5 cm³/mol. The molecule has 1 heterocycles. The molecular formula is C19H20N4O2. The standard InChI is InChI=1S/C19H20N4O2/c1-3-23-16-11-7-5-9-14(16)18(19(23)25)22-21-17(24)12-20-15-10-6-4-8-13(15)2/h4-11,20,25H,3,12H2,1-2H3. The lowest BCUT2D eigenvalue weighted by atomic mass is 10.2. The number of aromatic hydroxyl groups is 1. The second-order valence-electron chi connectivity index (χ2n) is 5.70. The molecule has 0 unspecified atom stereocenters. The maximum Gasteiger partial charge on any atom is 0.283 e. The SMILES string of the molecule is CCn1c(O)c(N=NC(=O)CNc2ccccc2C)c2ccccc21. The second-order valence-corrected chi connectivity index (χ2v) is 5.70. The molecule has 1 amide bonds. The first kappa shape index (κ1) is 16.7. The maximum absolute atomic E-state index is 12.0. The molecular weight excluding hydrogens is 316 g/mol. The largest absolute Gasteiger partial charge is 0.493 e. The molecule has 0 fully saturated rings. The molecule has 0 bridgehead atoms. The molecule has 2 aromatic carbocycles. The van der Waals surface area contributed by atoms with Gasteiger partial charge in [0.15, 0.2) is 5.69 Å². The summed E-state index contributed by atoms with van der Waals surface area (Å²) in [7, 11) is 0. The van der Waals surface area contributed by atoms with Crippen LogP contribution in [0.2, 0.25) is 0 Å². The van der Waals surface area contributed by atoms with E-state index in [0.29, 0.717) is 12.2 Å². The summed E-state index contributed by atoms with van der Waals surface area (Å²) in [5, 5.41) is 21.9. The molecule has 1 aromatic heterocycles. The van der Waals surface area contributed by atoms with Crippen LogP contribution in [0.5, 0.6) is 5.88 Å². The van der Waals surface area contributed by atoms with Crippen LogP contribution in [0, 0.1) is 6.92 Å². The third-order valence-corrected chi connectivity index (χ3v) is 4.07. The lowest BCUT2D eigenvalue weighted by Crippen LogP contribution is -2.11. The third-order valence-electron chi connectivity index (χ3n) is 4.07. The fourth-order valence-corrected chi connectivity index (χ4v) is 2.77. The van der Waals surface area contributed by atoms with Crippen LogP contribution in [-0.4, -0.2) is 22.1 Å². The number of carbonyl (C=O) groups is 1. The van der Waals surface area contributed by atoms with Crippen LogP contribution in [0.25, 0.3) is 10.9 Å². The highest BCUT2D eigenvalue weighted by molar-refractivity contribution is 5.95. The van der Waals surface area contributed by atoms with Gasteiger partial charge in [-0.25, -0.2) is 0 Å². The van der Waals surface area contributed by atoms with Gasteiger partial charge in [0.25, 0.3) is 5.91 Å². The number of aryl methyl sites for hydroxylation is 2. The minimum atomic E-state index is -0.406. The number of hydrogen-bond donors (Lipinski definition) is 2. The zero-order chi connectivity index (χ0) is 17.8. The molecule has 3 aromatic rings. The zero-order valence-corrected chi connectivity index (χ0v) is 14.2.